The summed E-state index contributed by atoms with van der Waals surface area (Å²) in [4.78, 5) is 27.3. The average molecular weight is 517 g/mol. The van der Waals surface area contributed by atoms with Gasteiger partial charge in [0.15, 0.2) is 5.96 Å². The first kappa shape index (κ1) is 27.2. The summed E-state index contributed by atoms with van der Waals surface area (Å²) in [5.74, 6) is 0.576. The monoisotopic (exact) mass is 517 g/mol. The second-order valence-electron chi connectivity index (χ2n) is 6.84. The number of unbranched alkanes of at least 4 members (excludes halogenated alkanes) is 1. The summed E-state index contributed by atoms with van der Waals surface area (Å²) in [6.07, 6.45) is 4.87. The van der Waals surface area contributed by atoms with Gasteiger partial charge in [-0.3, -0.25) is 9.59 Å². The molecule has 0 aliphatic carbocycles. The Morgan fingerprint density at radius 2 is 1.76 bits per heavy atom. The van der Waals surface area contributed by atoms with E-state index in [9.17, 15) is 9.59 Å². The number of benzene rings is 1. The highest BCUT2D eigenvalue weighted by atomic mass is 127. The zero-order chi connectivity index (χ0) is 20.8. The Hall–Kier alpha value is -1.84. The summed E-state index contributed by atoms with van der Waals surface area (Å²) < 4.78 is 0. The molecule has 2 amide bonds. The quantitative estimate of drug-likeness (QED) is 0.194. The summed E-state index contributed by atoms with van der Waals surface area (Å²) in [5.41, 5.74) is 6.52. The maximum Gasteiger partial charge on any atom is 0.251 e. The Morgan fingerprint density at radius 1 is 1.07 bits per heavy atom. The molecule has 1 rings (SSSR count). The van der Waals surface area contributed by atoms with Crippen LogP contribution in [0.2, 0.25) is 0 Å². The highest BCUT2D eigenvalue weighted by Gasteiger charge is 2.08. The molecular weight excluding hydrogens is 481 g/mol. The topological polar surface area (TPSA) is 109 Å². The fourth-order valence-electron chi connectivity index (χ4n) is 2.73. The second kappa shape index (κ2) is 16.0. The lowest BCUT2D eigenvalue weighted by Gasteiger charge is -2.18. The molecule has 29 heavy (non-hydrogen) atoms. The molecule has 1 aromatic rings. The lowest BCUT2D eigenvalue weighted by atomic mass is 9.99. The lowest BCUT2D eigenvalue weighted by molar-refractivity contribution is -0.117. The third-order valence-corrected chi connectivity index (χ3v) is 4.50. The molecule has 0 spiro atoms. The number of primary amides is 1. The highest BCUT2D eigenvalue weighted by molar-refractivity contribution is 14.0. The van der Waals surface area contributed by atoms with E-state index in [2.05, 4.69) is 34.8 Å². The zero-order valence-corrected chi connectivity index (χ0v) is 20.1. The summed E-state index contributed by atoms with van der Waals surface area (Å²) >= 11 is 0. The number of nitrogens with zero attached hydrogens (tertiary/aromatic N) is 1. The number of nitrogens with one attached hydrogen (secondary N) is 3. The molecule has 0 fully saturated rings. The van der Waals surface area contributed by atoms with E-state index in [4.69, 9.17) is 5.73 Å². The number of carbonyl (C=O) groups excluding carboxylic acids is 2. The van der Waals surface area contributed by atoms with Crippen LogP contribution in [0.3, 0.4) is 0 Å². The molecule has 0 aliphatic heterocycles. The van der Waals surface area contributed by atoms with Crippen LogP contribution in [0.5, 0.6) is 0 Å². The fraction of sp³-hybridized carbons (Fsp3) is 0.571. The van der Waals surface area contributed by atoms with Crippen molar-refractivity contribution in [1.29, 1.82) is 0 Å². The number of hydrogen-bond acceptors (Lipinski definition) is 3. The van der Waals surface area contributed by atoms with Crippen molar-refractivity contribution in [1.82, 2.24) is 16.0 Å². The van der Waals surface area contributed by atoms with Crippen molar-refractivity contribution in [2.24, 2.45) is 16.6 Å². The number of nitrogens with two attached hydrogens (primary N) is 1. The molecular formula is C21H36IN5O2. The summed E-state index contributed by atoms with van der Waals surface area (Å²) in [6.45, 7) is 8.57. The molecule has 0 aliphatic rings. The molecule has 164 valence electrons. The van der Waals surface area contributed by atoms with E-state index in [1.807, 2.05) is 19.1 Å². The van der Waals surface area contributed by atoms with Crippen molar-refractivity contribution in [3.63, 3.8) is 0 Å². The van der Waals surface area contributed by atoms with Crippen LogP contribution in [-0.2, 0) is 11.3 Å². The third kappa shape index (κ3) is 11.7. The third-order valence-electron chi connectivity index (χ3n) is 4.50. The number of hydrogen-bond donors (Lipinski definition) is 4. The van der Waals surface area contributed by atoms with Crippen molar-refractivity contribution in [2.45, 2.75) is 53.0 Å². The minimum atomic E-state index is -0.567. The van der Waals surface area contributed by atoms with Crippen molar-refractivity contribution in [3.8, 4) is 0 Å². The van der Waals surface area contributed by atoms with Gasteiger partial charge in [0.05, 0.1) is 13.1 Å². The van der Waals surface area contributed by atoms with Gasteiger partial charge in [-0.1, -0.05) is 45.2 Å². The first-order valence-electron chi connectivity index (χ1n) is 10.2. The van der Waals surface area contributed by atoms with E-state index in [0.29, 0.717) is 18.0 Å². The van der Waals surface area contributed by atoms with Crippen molar-refractivity contribution in [2.75, 3.05) is 19.6 Å². The Bertz CT molecular complexity index is 634. The van der Waals surface area contributed by atoms with E-state index in [0.717, 1.165) is 31.0 Å². The zero-order valence-electron chi connectivity index (χ0n) is 17.8. The van der Waals surface area contributed by atoms with Gasteiger partial charge in [-0.05, 0) is 37.0 Å². The van der Waals surface area contributed by atoms with Gasteiger partial charge in [0.2, 0.25) is 5.91 Å². The Morgan fingerprint density at radius 3 is 2.31 bits per heavy atom. The number of halogens is 1. The normalized spacial score (nSPS) is 11.9. The molecule has 0 aromatic heterocycles. The van der Waals surface area contributed by atoms with Crippen molar-refractivity contribution in [3.05, 3.63) is 35.4 Å². The predicted octanol–water partition coefficient (Wildman–Crippen LogP) is 2.79. The van der Waals surface area contributed by atoms with E-state index in [1.54, 1.807) is 12.1 Å². The van der Waals surface area contributed by atoms with Crippen LogP contribution in [0.4, 0.5) is 0 Å². The molecule has 7 nitrogen and oxygen atoms in total. The van der Waals surface area contributed by atoms with Gasteiger partial charge >= 0.3 is 0 Å². The van der Waals surface area contributed by atoms with Crippen LogP contribution in [0, 0.1) is 5.92 Å². The van der Waals surface area contributed by atoms with Gasteiger partial charge in [0, 0.05) is 18.7 Å². The fourth-order valence-corrected chi connectivity index (χ4v) is 2.73. The van der Waals surface area contributed by atoms with Crippen LogP contribution >= 0.6 is 24.0 Å². The largest absolute Gasteiger partial charge is 0.368 e. The number of guanidine groups is 1. The van der Waals surface area contributed by atoms with E-state index < -0.39 is 5.91 Å². The Labute approximate surface area is 191 Å². The molecule has 0 heterocycles. The number of rotatable bonds is 12. The number of aliphatic imine (C=N–C) groups is 1. The van der Waals surface area contributed by atoms with Gasteiger partial charge in [0.25, 0.3) is 5.91 Å². The van der Waals surface area contributed by atoms with Gasteiger partial charge < -0.3 is 21.7 Å². The Balaban J connectivity index is 0.00000784. The molecule has 5 N–H and O–H groups in total. The SMILES string of the molecule is CCCCC(CC)CNC(=NCc1ccc(C(=O)NCC(N)=O)cc1)NCC.I. The van der Waals surface area contributed by atoms with Crippen LogP contribution in [0.1, 0.15) is 62.4 Å². The molecule has 0 saturated carbocycles. The molecule has 8 heteroatoms. The standard InChI is InChI=1S/C21H35N5O2.HI/c1-4-7-8-16(5-2)13-25-21(23-6-3)26-14-17-9-11-18(12-10-17)20(28)24-15-19(22)27;/h9-12,16H,4-8,13-15H2,1-3H3,(H2,22,27)(H,24,28)(H2,23,25,26);1H. The van der Waals surface area contributed by atoms with Crippen LogP contribution < -0.4 is 21.7 Å². The Kier molecular flexibility index (Phi) is 15.0. The van der Waals surface area contributed by atoms with E-state index >= 15 is 0 Å². The maximum absolute atomic E-state index is 11.9. The first-order valence-corrected chi connectivity index (χ1v) is 10.2. The molecule has 1 atom stereocenters. The predicted molar refractivity (Wildman–Crippen MR) is 130 cm³/mol. The van der Waals surface area contributed by atoms with E-state index in [-0.39, 0.29) is 36.4 Å². The van der Waals surface area contributed by atoms with Crippen LogP contribution in [-0.4, -0.2) is 37.4 Å². The number of carbonyl (C=O) groups is 2. The van der Waals surface area contributed by atoms with Gasteiger partial charge in [-0.15, -0.1) is 24.0 Å². The van der Waals surface area contributed by atoms with E-state index in [1.165, 1.54) is 19.3 Å². The first-order chi connectivity index (χ1) is 13.5. The smallest absolute Gasteiger partial charge is 0.251 e. The lowest BCUT2D eigenvalue weighted by Crippen LogP contribution is -2.39. The second-order valence-corrected chi connectivity index (χ2v) is 6.84. The maximum atomic E-state index is 11.9. The molecule has 0 bridgehead atoms. The van der Waals surface area contributed by atoms with Gasteiger partial charge in [0.1, 0.15) is 0 Å². The van der Waals surface area contributed by atoms with Gasteiger partial charge in [-0.25, -0.2) is 4.99 Å². The minimum Gasteiger partial charge on any atom is -0.368 e. The number of amides is 2. The van der Waals surface area contributed by atoms with Gasteiger partial charge in [-0.2, -0.15) is 0 Å². The van der Waals surface area contributed by atoms with Crippen LogP contribution in [0.15, 0.2) is 29.3 Å². The summed E-state index contributed by atoms with van der Waals surface area (Å²) in [6, 6.07) is 7.17. The van der Waals surface area contributed by atoms with Crippen molar-refractivity contribution >= 4 is 41.8 Å². The highest BCUT2D eigenvalue weighted by Crippen LogP contribution is 2.11. The molecule has 0 saturated heterocycles. The molecule has 0 radical (unpaired) electrons. The van der Waals surface area contributed by atoms with Crippen LogP contribution in [0.25, 0.3) is 0 Å². The summed E-state index contributed by atoms with van der Waals surface area (Å²) in [5, 5.41) is 9.19. The summed E-state index contributed by atoms with van der Waals surface area (Å²) in [7, 11) is 0. The van der Waals surface area contributed by atoms with Crippen molar-refractivity contribution < 1.29 is 9.59 Å². The molecule has 1 aromatic carbocycles. The average Bonchev–Trinajstić information content (AvgIpc) is 2.70. The minimum absolute atomic E-state index is 0. The molecule has 1 unspecified atom stereocenters.